The Morgan fingerprint density at radius 1 is 1.24 bits per heavy atom. The molecule has 6 nitrogen and oxygen atoms in total. The van der Waals surface area contributed by atoms with Crippen LogP contribution in [-0.4, -0.2) is 66.2 Å². The standard InChI is InChI=1S/C15H25N5O/c1-19(2)15(21)13-8-9-14(18-17-13)16-10-11-20(3)12-6-4-5-7-12/h8-9,12H,4-7,10-11H2,1-3H3,(H,16,18). The van der Waals surface area contributed by atoms with E-state index >= 15 is 0 Å². The van der Waals surface area contributed by atoms with E-state index in [0.717, 1.165) is 19.1 Å². The smallest absolute Gasteiger partial charge is 0.273 e. The molecule has 116 valence electrons. The number of aromatic nitrogens is 2. The van der Waals surface area contributed by atoms with Crippen molar-refractivity contribution in [2.75, 3.05) is 39.5 Å². The molecule has 0 unspecified atom stereocenters. The molecular weight excluding hydrogens is 266 g/mol. The van der Waals surface area contributed by atoms with E-state index in [2.05, 4.69) is 27.5 Å². The van der Waals surface area contributed by atoms with Crippen molar-refractivity contribution in [1.29, 1.82) is 0 Å². The summed E-state index contributed by atoms with van der Waals surface area (Å²) in [6, 6.07) is 4.25. The number of nitrogens with one attached hydrogen (secondary N) is 1. The summed E-state index contributed by atoms with van der Waals surface area (Å²) in [6.07, 6.45) is 5.35. The molecule has 0 spiro atoms. The van der Waals surface area contributed by atoms with Crippen molar-refractivity contribution in [1.82, 2.24) is 20.0 Å². The third-order valence-electron chi connectivity index (χ3n) is 4.01. The van der Waals surface area contributed by atoms with Crippen molar-refractivity contribution < 1.29 is 4.79 Å². The van der Waals surface area contributed by atoms with E-state index < -0.39 is 0 Å². The lowest BCUT2D eigenvalue weighted by Crippen LogP contribution is -2.33. The minimum Gasteiger partial charge on any atom is -0.367 e. The Kier molecular flexibility index (Phi) is 5.50. The molecule has 2 rings (SSSR count). The van der Waals surface area contributed by atoms with Gasteiger partial charge in [0.15, 0.2) is 5.69 Å². The molecule has 0 radical (unpaired) electrons. The van der Waals surface area contributed by atoms with E-state index in [1.165, 1.54) is 30.6 Å². The number of hydrogen-bond acceptors (Lipinski definition) is 5. The molecule has 6 heteroatoms. The third-order valence-corrected chi connectivity index (χ3v) is 4.01. The van der Waals surface area contributed by atoms with Gasteiger partial charge in [0.1, 0.15) is 5.82 Å². The van der Waals surface area contributed by atoms with Crippen molar-refractivity contribution >= 4 is 11.7 Å². The van der Waals surface area contributed by atoms with Crippen LogP contribution in [0.1, 0.15) is 36.2 Å². The maximum Gasteiger partial charge on any atom is 0.273 e. The maximum absolute atomic E-state index is 11.7. The lowest BCUT2D eigenvalue weighted by molar-refractivity contribution is 0.0821. The van der Waals surface area contributed by atoms with E-state index in [9.17, 15) is 4.79 Å². The Balaban J connectivity index is 1.77. The molecule has 1 heterocycles. The van der Waals surface area contributed by atoms with E-state index in [4.69, 9.17) is 0 Å². The molecule has 1 aromatic rings. The summed E-state index contributed by atoms with van der Waals surface area (Å²) in [5.74, 6) is 0.583. The summed E-state index contributed by atoms with van der Waals surface area (Å²) in [5, 5.41) is 11.3. The predicted octanol–water partition coefficient (Wildman–Crippen LogP) is 1.46. The van der Waals surface area contributed by atoms with Gasteiger partial charge in [0.2, 0.25) is 0 Å². The molecule has 1 aliphatic carbocycles. The van der Waals surface area contributed by atoms with Crippen molar-refractivity contribution in [3.8, 4) is 0 Å². The molecule has 21 heavy (non-hydrogen) atoms. The topological polar surface area (TPSA) is 61.4 Å². The Labute approximate surface area is 126 Å². The first-order chi connectivity index (χ1) is 10.1. The summed E-state index contributed by atoms with van der Waals surface area (Å²) >= 11 is 0. The summed E-state index contributed by atoms with van der Waals surface area (Å²) < 4.78 is 0. The fourth-order valence-electron chi connectivity index (χ4n) is 2.66. The summed E-state index contributed by atoms with van der Waals surface area (Å²) in [6.45, 7) is 1.83. The van der Waals surface area contributed by atoms with Gasteiger partial charge in [0.05, 0.1) is 0 Å². The van der Waals surface area contributed by atoms with Crippen LogP contribution in [-0.2, 0) is 0 Å². The number of rotatable bonds is 6. The zero-order chi connectivity index (χ0) is 15.2. The van der Waals surface area contributed by atoms with Crippen LogP contribution in [0.4, 0.5) is 5.82 Å². The normalized spacial score (nSPS) is 15.4. The van der Waals surface area contributed by atoms with Gasteiger partial charge in [-0.25, -0.2) is 0 Å². The first-order valence-corrected chi connectivity index (χ1v) is 7.57. The Hall–Kier alpha value is -1.69. The molecular formula is C15H25N5O. The van der Waals surface area contributed by atoms with Gasteiger partial charge in [-0.15, -0.1) is 10.2 Å². The average molecular weight is 291 g/mol. The molecule has 1 fully saturated rings. The first kappa shape index (κ1) is 15.7. The van der Waals surface area contributed by atoms with Crippen LogP contribution in [0, 0.1) is 0 Å². The second-order valence-corrected chi connectivity index (χ2v) is 5.85. The molecule has 1 aliphatic rings. The lowest BCUT2D eigenvalue weighted by Gasteiger charge is -2.23. The number of carbonyl (C=O) groups excluding carboxylic acids is 1. The molecule has 1 N–H and O–H groups in total. The molecule has 1 aromatic heterocycles. The largest absolute Gasteiger partial charge is 0.367 e. The summed E-state index contributed by atoms with van der Waals surface area (Å²) in [4.78, 5) is 15.6. The number of hydrogen-bond donors (Lipinski definition) is 1. The highest BCUT2D eigenvalue weighted by Crippen LogP contribution is 2.21. The highest BCUT2D eigenvalue weighted by atomic mass is 16.2. The van der Waals surface area contributed by atoms with Crippen molar-refractivity contribution in [3.63, 3.8) is 0 Å². The Bertz CT molecular complexity index is 454. The second kappa shape index (κ2) is 7.36. The van der Waals surface area contributed by atoms with Crippen LogP contribution in [0.2, 0.25) is 0 Å². The Morgan fingerprint density at radius 3 is 2.52 bits per heavy atom. The fraction of sp³-hybridized carbons (Fsp3) is 0.667. The van der Waals surface area contributed by atoms with E-state index in [-0.39, 0.29) is 5.91 Å². The lowest BCUT2D eigenvalue weighted by atomic mass is 10.2. The highest BCUT2D eigenvalue weighted by Gasteiger charge is 2.18. The van der Waals surface area contributed by atoms with Gasteiger partial charge in [0.25, 0.3) is 5.91 Å². The minimum absolute atomic E-state index is 0.130. The number of nitrogens with zero attached hydrogens (tertiary/aromatic N) is 4. The Morgan fingerprint density at radius 2 is 1.95 bits per heavy atom. The SMILES string of the molecule is CN(C)C(=O)c1ccc(NCCN(C)C2CCCC2)nn1. The van der Waals surface area contributed by atoms with Gasteiger partial charge in [0, 0.05) is 33.2 Å². The molecule has 0 bridgehead atoms. The van der Waals surface area contributed by atoms with E-state index in [1.54, 1.807) is 26.2 Å². The van der Waals surface area contributed by atoms with Gasteiger partial charge in [-0.1, -0.05) is 12.8 Å². The quantitative estimate of drug-likeness (QED) is 0.860. The van der Waals surface area contributed by atoms with Crippen LogP contribution < -0.4 is 5.32 Å². The number of carbonyl (C=O) groups is 1. The van der Waals surface area contributed by atoms with Crippen LogP contribution in [0.25, 0.3) is 0 Å². The van der Waals surface area contributed by atoms with Gasteiger partial charge >= 0.3 is 0 Å². The fourth-order valence-corrected chi connectivity index (χ4v) is 2.66. The highest BCUT2D eigenvalue weighted by molar-refractivity contribution is 5.91. The van der Waals surface area contributed by atoms with Crippen molar-refractivity contribution in [3.05, 3.63) is 17.8 Å². The molecule has 1 amide bonds. The maximum atomic E-state index is 11.7. The molecule has 1 saturated carbocycles. The summed E-state index contributed by atoms with van der Waals surface area (Å²) in [7, 11) is 5.59. The molecule has 0 saturated heterocycles. The monoisotopic (exact) mass is 291 g/mol. The summed E-state index contributed by atoms with van der Waals surface area (Å²) in [5.41, 5.74) is 0.369. The first-order valence-electron chi connectivity index (χ1n) is 7.57. The van der Waals surface area contributed by atoms with Gasteiger partial charge in [-0.2, -0.15) is 0 Å². The van der Waals surface area contributed by atoms with Crippen LogP contribution in [0.3, 0.4) is 0 Å². The third kappa shape index (κ3) is 4.39. The van der Waals surface area contributed by atoms with Crippen LogP contribution in [0.5, 0.6) is 0 Å². The van der Waals surface area contributed by atoms with Gasteiger partial charge < -0.3 is 15.1 Å². The second-order valence-electron chi connectivity index (χ2n) is 5.85. The molecule has 0 aliphatic heterocycles. The van der Waals surface area contributed by atoms with Crippen LogP contribution in [0.15, 0.2) is 12.1 Å². The van der Waals surface area contributed by atoms with E-state index in [1.807, 2.05) is 0 Å². The van der Waals surface area contributed by atoms with Crippen molar-refractivity contribution in [2.45, 2.75) is 31.7 Å². The molecule has 0 atom stereocenters. The van der Waals surface area contributed by atoms with Gasteiger partial charge in [-0.05, 0) is 32.0 Å². The minimum atomic E-state index is -0.130. The number of anilines is 1. The predicted molar refractivity (Wildman–Crippen MR) is 83.4 cm³/mol. The van der Waals surface area contributed by atoms with E-state index in [0.29, 0.717) is 11.5 Å². The zero-order valence-corrected chi connectivity index (χ0v) is 13.2. The van der Waals surface area contributed by atoms with Crippen molar-refractivity contribution in [2.24, 2.45) is 0 Å². The zero-order valence-electron chi connectivity index (χ0n) is 13.2. The number of likely N-dealkylation sites (N-methyl/N-ethyl adjacent to an activating group) is 1. The molecule has 0 aromatic carbocycles. The number of amides is 1. The van der Waals surface area contributed by atoms with Gasteiger partial charge in [-0.3, -0.25) is 4.79 Å². The average Bonchev–Trinajstić information content (AvgIpc) is 3.01. The van der Waals surface area contributed by atoms with Crippen LogP contribution >= 0.6 is 0 Å².